The summed E-state index contributed by atoms with van der Waals surface area (Å²) in [6.07, 6.45) is 2.88. The lowest BCUT2D eigenvalue weighted by molar-refractivity contribution is 0.602. The van der Waals surface area contributed by atoms with E-state index in [2.05, 4.69) is 15.5 Å². The predicted molar refractivity (Wildman–Crippen MR) is 70.2 cm³/mol. The van der Waals surface area contributed by atoms with Crippen LogP contribution in [0.2, 0.25) is 0 Å². The highest BCUT2D eigenvalue weighted by Gasteiger charge is 2.10. The fourth-order valence-corrected chi connectivity index (χ4v) is 2.32. The largest absolute Gasteiger partial charge is 0.377 e. The lowest BCUT2D eigenvalue weighted by atomic mass is 10.2. The first-order valence-corrected chi connectivity index (χ1v) is 7.42. The highest BCUT2D eigenvalue weighted by molar-refractivity contribution is 7.90. The van der Waals surface area contributed by atoms with Crippen molar-refractivity contribution in [3.05, 3.63) is 42.2 Å². The van der Waals surface area contributed by atoms with Crippen LogP contribution in [0.5, 0.6) is 0 Å². The van der Waals surface area contributed by atoms with Crippen LogP contribution in [-0.4, -0.2) is 24.9 Å². The summed E-state index contributed by atoms with van der Waals surface area (Å²) in [4.78, 5) is 0.310. The molecule has 6 heteroatoms. The van der Waals surface area contributed by atoms with Gasteiger partial charge in [-0.15, -0.1) is 0 Å². The van der Waals surface area contributed by atoms with Gasteiger partial charge < -0.3 is 5.32 Å². The summed E-state index contributed by atoms with van der Waals surface area (Å²) in [6, 6.07) is 8.67. The van der Waals surface area contributed by atoms with Crippen LogP contribution in [0.3, 0.4) is 0 Å². The minimum atomic E-state index is -3.18. The van der Waals surface area contributed by atoms with Gasteiger partial charge in [-0.05, 0) is 31.2 Å². The number of H-pyrrole nitrogens is 1. The molecule has 0 aliphatic rings. The molecule has 0 aliphatic heterocycles. The molecule has 0 spiro atoms. The monoisotopic (exact) mass is 265 g/mol. The van der Waals surface area contributed by atoms with E-state index >= 15 is 0 Å². The minimum Gasteiger partial charge on any atom is -0.377 e. The molecule has 1 atom stereocenters. The molecule has 0 saturated carbocycles. The Hall–Kier alpha value is -1.82. The molecule has 0 aliphatic carbocycles. The van der Waals surface area contributed by atoms with Crippen LogP contribution < -0.4 is 5.32 Å². The van der Waals surface area contributed by atoms with Crippen LogP contribution >= 0.6 is 0 Å². The molecule has 96 valence electrons. The Labute approximate surface area is 106 Å². The molecule has 2 rings (SSSR count). The fourth-order valence-electron chi connectivity index (χ4n) is 1.65. The molecule has 5 nitrogen and oxygen atoms in total. The average Bonchev–Trinajstić information content (AvgIpc) is 2.81. The first-order chi connectivity index (χ1) is 8.47. The molecule has 0 bridgehead atoms. The van der Waals surface area contributed by atoms with E-state index in [-0.39, 0.29) is 6.04 Å². The van der Waals surface area contributed by atoms with Gasteiger partial charge in [0.1, 0.15) is 0 Å². The van der Waals surface area contributed by atoms with Crippen LogP contribution in [0, 0.1) is 0 Å². The Morgan fingerprint density at radius 3 is 2.72 bits per heavy atom. The molecule has 1 heterocycles. The number of rotatable bonds is 4. The van der Waals surface area contributed by atoms with E-state index < -0.39 is 9.84 Å². The average molecular weight is 265 g/mol. The van der Waals surface area contributed by atoms with Crippen molar-refractivity contribution in [3.8, 4) is 0 Å². The summed E-state index contributed by atoms with van der Waals surface area (Å²) in [5, 5.41) is 9.97. The number of benzene rings is 1. The molecule has 0 fully saturated rings. The SMILES string of the molecule is CC(Nc1cccc(S(C)(=O)=O)c1)c1ccn[nH]1. The highest BCUT2D eigenvalue weighted by Crippen LogP contribution is 2.20. The fraction of sp³-hybridized carbons (Fsp3) is 0.250. The number of aromatic amines is 1. The zero-order chi connectivity index (χ0) is 13.2. The standard InChI is InChI=1S/C12H15N3O2S/c1-9(12-6-7-13-15-12)14-10-4-3-5-11(8-10)18(2,16)17/h3-9,14H,1-2H3,(H,13,15). The van der Waals surface area contributed by atoms with Crippen molar-refractivity contribution in [2.75, 3.05) is 11.6 Å². The lowest BCUT2D eigenvalue weighted by Gasteiger charge is -2.14. The zero-order valence-corrected chi connectivity index (χ0v) is 11.0. The minimum absolute atomic E-state index is 0.0299. The molecule has 2 aromatic rings. The summed E-state index contributed by atoms with van der Waals surface area (Å²) in [7, 11) is -3.18. The molecule has 1 aromatic heterocycles. The van der Waals surface area contributed by atoms with E-state index in [1.165, 1.54) is 6.26 Å². The highest BCUT2D eigenvalue weighted by atomic mass is 32.2. The van der Waals surface area contributed by atoms with E-state index in [9.17, 15) is 8.42 Å². The van der Waals surface area contributed by atoms with Gasteiger partial charge in [0.15, 0.2) is 9.84 Å². The maximum atomic E-state index is 11.5. The molecule has 2 N–H and O–H groups in total. The number of aromatic nitrogens is 2. The summed E-state index contributed by atoms with van der Waals surface area (Å²) in [5.41, 5.74) is 1.71. The van der Waals surface area contributed by atoms with Crippen LogP contribution in [0.25, 0.3) is 0 Å². The van der Waals surface area contributed by atoms with Gasteiger partial charge in [0.05, 0.1) is 16.6 Å². The zero-order valence-electron chi connectivity index (χ0n) is 10.2. The predicted octanol–water partition coefficient (Wildman–Crippen LogP) is 1.99. The third kappa shape index (κ3) is 2.89. The normalized spacial score (nSPS) is 13.2. The van der Waals surface area contributed by atoms with E-state index in [4.69, 9.17) is 0 Å². The van der Waals surface area contributed by atoms with Crippen LogP contribution in [0.1, 0.15) is 18.7 Å². The second kappa shape index (κ2) is 4.81. The molecule has 1 unspecified atom stereocenters. The Kier molecular flexibility index (Phi) is 3.38. The molecule has 18 heavy (non-hydrogen) atoms. The van der Waals surface area contributed by atoms with Crippen molar-refractivity contribution in [1.82, 2.24) is 10.2 Å². The molecular weight excluding hydrogens is 250 g/mol. The summed E-state index contributed by atoms with van der Waals surface area (Å²) in [5.74, 6) is 0. The molecule has 0 amide bonds. The number of nitrogens with one attached hydrogen (secondary N) is 2. The molecule has 0 saturated heterocycles. The van der Waals surface area contributed by atoms with E-state index in [1.807, 2.05) is 19.1 Å². The molecule has 0 radical (unpaired) electrons. The summed E-state index contributed by atoms with van der Waals surface area (Å²) < 4.78 is 22.9. The van der Waals surface area contributed by atoms with Gasteiger partial charge in [-0.25, -0.2) is 8.42 Å². The number of hydrogen-bond donors (Lipinski definition) is 2. The number of sulfone groups is 1. The van der Waals surface area contributed by atoms with Crippen LogP contribution in [0.15, 0.2) is 41.4 Å². The van der Waals surface area contributed by atoms with Gasteiger partial charge in [-0.3, -0.25) is 5.10 Å². The smallest absolute Gasteiger partial charge is 0.175 e. The van der Waals surface area contributed by atoms with Crippen molar-refractivity contribution in [2.45, 2.75) is 17.9 Å². The van der Waals surface area contributed by atoms with Gasteiger partial charge in [0, 0.05) is 18.1 Å². The van der Waals surface area contributed by atoms with Crippen molar-refractivity contribution in [1.29, 1.82) is 0 Å². The van der Waals surface area contributed by atoms with Gasteiger partial charge in [0.2, 0.25) is 0 Å². The second-order valence-corrected chi connectivity index (χ2v) is 6.19. The van der Waals surface area contributed by atoms with E-state index in [1.54, 1.807) is 24.4 Å². The van der Waals surface area contributed by atoms with E-state index in [0.717, 1.165) is 11.4 Å². The Balaban J connectivity index is 2.20. The Morgan fingerprint density at radius 2 is 2.11 bits per heavy atom. The van der Waals surface area contributed by atoms with Crippen LogP contribution in [-0.2, 0) is 9.84 Å². The Bertz CT molecular complexity index is 621. The van der Waals surface area contributed by atoms with Crippen molar-refractivity contribution in [3.63, 3.8) is 0 Å². The van der Waals surface area contributed by atoms with E-state index in [0.29, 0.717) is 4.90 Å². The lowest BCUT2D eigenvalue weighted by Crippen LogP contribution is -2.07. The third-order valence-electron chi connectivity index (χ3n) is 2.63. The van der Waals surface area contributed by atoms with Crippen LogP contribution in [0.4, 0.5) is 5.69 Å². The Morgan fingerprint density at radius 1 is 1.33 bits per heavy atom. The third-order valence-corrected chi connectivity index (χ3v) is 3.74. The van der Waals surface area contributed by atoms with Crippen molar-refractivity contribution < 1.29 is 8.42 Å². The summed E-state index contributed by atoms with van der Waals surface area (Å²) in [6.45, 7) is 1.97. The number of hydrogen-bond acceptors (Lipinski definition) is 4. The molecule has 1 aromatic carbocycles. The number of nitrogens with zero attached hydrogens (tertiary/aromatic N) is 1. The van der Waals surface area contributed by atoms with Gasteiger partial charge in [0.25, 0.3) is 0 Å². The quantitative estimate of drug-likeness (QED) is 0.886. The van der Waals surface area contributed by atoms with Crippen molar-refractivity contribution >= 4 is 15.5 Å². The molecular formula is C12H15N3O2S. The topological polar surface area (TPSA) is 74.8 Å². The maximum absolute atomic E-state index is 11.5. The van der Waals surface area contributed by atoms with Gasteiger partial charge >= 0.3 is 0 Å². The first kappa shape index (κ1) is 12.6. The number of anilines is 1. The maximum Gasteiger partial charge on any atom is 0.175 e. The summed E-state index contributed by atoms with van der Waals surface area (Å²) >= 11 is 0. The van der Waals surface area contributed by atoms with Gasteiger partial charge in [-0.1, -0.05) is 6.07 Å². The first-order valence-electron chi connectivity index (χ1n) is 5.53. The van der Waals surface area contributed by atoms with Crippen molar-refractivity contribution in [2.24, 2.45) is 0 Å². The second-order valence-electron chi connectivity index (χ2n) is 4.18. The van der Waals surface area contributed by atoms with Gasteiger partial charge in [-0.2, -0.15) is 5.10 Å².